The van der Waals surface area contributed by atoms with Crippen molar-refractivity contribution in [3.05, 3.63) is 11.9 Å². The van der Waals surface area contributed by atoms with Gasteiger partial charge in [0, 0.05) is 0 Å². The maximum atomic E-state index is 12.6. The van der Waals surface area contributed by atoms with E-state index >= 15 is 0 Å². The SMILES string of the molecule is CC(C1CC1)n1ncc(N)c1C(F)F. The summed E-state index contributed by atoms with van der Waals surface area (Å²) in [7, 11) is 0. The Bertz CT molecular complexity index is 331. The summed E-state index contributed by atoms with van der Waals surface area (Å²) in [5.41, 5.74) is 5.39. The van der Waals surface area contributed by atoms with E-state index in [1.165, 1.54) is 10.9 Å². The van der Waals surface area contributed by atoms with Crippen LogP contribution in [0.3, 0.4) is 0 Å². The largest absolute Gasteiger partial charge is 0.396 e. The van der Waals surface area contributed by atoms with Gasteiger partial charge in [0.1, 0.15) is 5.69 Å². The number of hydrogen-bond acceptors (Lipinski definition) is 2. The monoisotopic (exact) mass is 201 g/mol. The van der Waals surface area contributed by atoms with Crippen molar-refractivity contribution in [2.75, 3.05) is 5.73 Å². The van der Waals surface area contributed by atoms with E-state index in [2.05, 4.69) is 5.10 Å². The Morgan fingerprint density at radius 3 is 2.71 bits per heavy atom. The number of nitrogens with two attached hydrogens (primary N) is 1. The second-order valence-corrected chi connectivity index (χ2v) is 3.81. The molecule has 0 aliphatic heterocycles. The Balaban J connectivity index is 2.31. The van der Waals surface area contributed by atoms with E-state index in [0.717, 1.165) is 12.8 Å². The predicted molar refractivity (Wildman–Crippen MR) is 49.0 cm³/mol. The van der Waals surface area contributed by atoms with Crippen LogP contribution in [0.15, 0.2) is 6.20 Å². The van der Waals surface area contributed by atoms with Crippen LogP contribution in [-0.4, -0.2) is 9.78 Å². The number of halogens is 2. The van der Waals surface area contributed by atoms with Crippen LogP contribution in [0.25, 0.3) is 0 Å². The first-order valence-electron chi connectivity index (χ1n) is 4.72. The summed E-state index contributed by atoms with van der Waals surface area (Å²) in [5, 5.41) is 3.91. The molecule has 1 aliphatic carbocycles. The standard InChI is InChI=1S/C9H13F2N3/c1-5(6-2-3-6)14-8(9(10)11)7(12)4-13-14/h4-6,9H,2-3,12H2,1H3. The normalized spacial score (nSPS) is 18.9. The zero-order chi connectivity index (χ0) is 10.3. The molecule has 0 bridgehead atoms. The maximum absolute atomic E-state index is 12.6. The fourth-order valence-corrected chi connectivity index (χ4v) is 1.71. The van der Waals surface area contributed by atoms with Crippen LogP contribution in [-0.2, 0) is 0 Å². The Hall–Kier alpha value is -1.13. The molecule has 14 heavy (non-hydrogen) atoms. The third-order valence-electron chi connectivity index (χ3n) is 2.76. The first-order valence-corrected chi connectivity index (χ1v) is 4.72. The summed E-state index contributed by atoms with van der Waals surface area (Å²) < 4.78 is 26.6. The highest BCUT2D eigenvalue weighted by molar-refractivity contribution is 5.41. The molecule has 1 aromatic rings. The number of nitrogens with zero attached hydrogens (tertiary/aromatic N) is 2. The number of aromatic nitrogens is 2. The summed E-state index contributed by atoms with van der Waals surface area (Å²) >= 11 is 0. The summed E-state index contributed by atoms with van der Waals surface area (Å²) in [4.78, 5) is 0. The number of rotatable bonds is 3. The maximum Gasteiger partial charge on any atom is 0.282 e. The number of anilines is 1. The van der Waals surface area contributed by atoms with Crippen LogP contribution < -0.4 is 5.73 Å². The van der Waals surface area contributed by atoms with Crippen LogP contribution in [0.1, 0.15) is 37.9 Å². The molecule has 1 heterocycles. The van der Waals surface area contributed by atoms with E-state index in [-0.39, 0.29) is 17.4 Å². The van der Waals surface area contributed by atoms with Crippen LogP contribution in [0, 0.1) is 5.92 Å². The third kappa shape index (κ3) is 1.47. The van der Waals surface area contributed by atoms with Crippen molar-refractivity contribution in [3.8, 4) is 0 Å². The molecule has 3 nitrogen and oxygen atoms in total. The summed E-state index contributed by atoms with van der Waals surface area (Å²) in [5.74, 6) is 0.492. The van der Waals surface area contributed by atoms with Gasteiger partial charge in [0.05, 0.1) is 17.9 Å². The molecule has 0 radical (unpaired) electrons. The lowest BCUT2D eigenvalue weighted by atomic mass is 10.2. The summed E-state index contributed by atoms with van der Waals surface area (Å²) in [6.45, 7) is 1.91. The Morgan fingerprint density at radius 1 is 1.57 bits per heavy atom. The number of hydrogen-bond donors (Lipinski definition) is 1. The van der Waals surface area contributed by atoms with Gasteiger partial charge in [-0.15, -0.1) is 0 Å². The lowest BCUT2D eigenvalue weighted by molar-refractivity contribution is 0.136. The molecule has 2 rings (SSSR count). The van der Waals surface area contributed by atoms with Gasteiger partial charge in [-0.1, -0.05) is 0 Å². The smallest absolute Gasteiger partial charge is 0.282 e. The van der Waals surface area contributed by atoms with E-state index in [9.17, 15) is 8.78 Å². The Morgan fingerprint density at radius 2 is 2.21 bits per heavy atom. The molecule has 0 amide bonds. The molecule has 1 aromatic heterocycles. The van der Waals surface area contributed by atoms with Crippen LogP contribution in [0.2, 0.25) is 0 Å². The van der Waals surface area contributed by atoms with E-state index < -0.39 is 6.43 Å². The molecule has 5 heteroatoms. The van der Waals surface area contributed by atoms with Crippen molar-refractivity contribution >= 4 is 5.69 Å². The molecule has 1 atom stereocenters. The molecule has 2 N–H and O–H groups in total. The first kappa shape index (κ1) is 9.43. The van der Waals surface area contributed by atoms with Gasteiger partial charge >= 0.3 is 0 Å². The van der Waals surface area contributed by atoms with Crippen LogP contribution in [0.4, 0.5) is 14.5 Å². The van der Waals surface area contributed by atoms with Gasteiger partial charge in [-0.2, -0.15) is 5.10 Å². The fraction of sp³-hybridized carbons (Fsp3) is 0.667. The fourth-order valence-electron chi connectivity index (χ4n) is 1.71. The molecule has 1 aliphatic rings. The number of alkyl halides is 2. The van der Waals surface area contributed by atoms with Gasteiger partial charge in [0.25, 0.3) is 6.43 Å². The molecule has 1 fully saturated rings. The van der Waals surface area contributed by atoms with E-state index in [1.54, 1.807) is 0 Å². The van der Waals surface area contributed by atoms with E-state index in [1.807, 2.05) is 6.92 Å². The minimum absolute atomic E-state index is 0.0382. The highest BCUT2D eigenvalue weighted by atomic mass is 19.3. The molecule has 0 saturated heterocycles. The van der Waals surface area contributed by atoms with Gasteiger partial charge < -0.3 is 5.73 Å². The molecule has 0 aromatic carbocycles. The highest BCUT2D eigenvalue weighted by Crippen LogP contribution is 2.41. The molecule has 1 unspecified atom stereocenters. The van der Waals surface area contributed by atoms with Gasteiger partial charge in [0.15, 0.2) is 0 Å². The first-order chi connectivity index (χ1) is 6.61. The van der Waals surface area contributed by atoms with Crippen molar-refractivity contribution in [1.29, 1.82) is 0 Å². The molecular formula is C9H13F2N3. The van der Waals surface area contributed by atoms with Gasteiger partial charge in [-0.25, -0.2) is 8.78 Å². The topological polar surface area (TPSA) is 43.8 Å². The zero-order valence-corrected chi connectivity index (χ0v) is 7.95. The third-order valence-corrected chi connectivity index (χ3v) is 2.76. The Kier molecular flexibility index (Phi) is 2.17. The molecule has 0 spiro atoms. The minimum Gasteiger partial charge on any atom is -0.396 e. The summed E-state index contributed by atoms with van der Waals surface area (Å²) in [6.07, 6.45) is 0.965. The van der Waals surface area contributed by atoms with Crippen molar-refractivity contribution < 1.29 is 8.78 Å². The highest BCUT2D eigenvalue weighted by Gasteiger charge is 2.32. The predicted octanol–water partition coefficient (Wildman–Crippen LogP) is 2.37. The van der Waals surface area contributed by atoms with Crippen molar-refractivity contribution in [2.45, 2.75) is 32.2 Å². The van der Waals surface area contributed by atoms with Crippen molar-refractivity contribution in [2.24, 2.45) is 5.92 Å². The minimum atomic E-state index is -2.54. The van der Waals surface area contributed by atoms with Crippen LogP contribution in [0.5, 0.6) is 0 Å². The van der Waals surface area contributed by atoms with Gasteiger partial charge in [0.2, 0.25) is 0 Å². The zero-order valence-electron chi connectivity index (χ0n) is 7.95. The second kappa shape index (κ2) is 3.22. The molecule has 78 valence electrons. The van der Waals surface area contributed by atoms with Gasteiger partial charge in [-0.05, 0) is 25.7 Å². The number of nitrogen functional groups attached to an aromatic ring is 1. The van der Waals surface area contributed by atoms with E-state index in [4.69, 9.17) is 5.73 Å². The Labute approximate surface area is 80.9 Å². The lowest BCUT2D eigenvalue weighted by Gasteiger charge is -2.14. The molecular weight excluding hydrogens is 188 g/mol. The average Bonchev–Trinajstić information content (AvgIpc) is 2.88. The van der Waals surface area contributed by atoms with Crippen LogP contribution >= 0.6 is 0 Å². The van der Waals surface area contributed by atoms with Gasteiger partial charge in [-0.3, -0.25) is 4.68 Å². The van der Waals surface area contributed by atoms with Crippen molar-refractivity contribution in [1.82, 2.24) is 9.78 Å². The lowest BCUT2D eigenvalue weighted by Crippen LogP contribution is -2.13. The second-order valence-electron chi connectivity index (χ2n) is 3.81. The van der Waals surface area contributed by atoms with Crippen molar-refractivity contribution in [3.63, 3.8) is 0 Å². The quantitative estimate of drug-likeness (QED) is 0.815. The van der Waals surface area contributed by atoms with E-state index in [0.29, 0.717) is 5.92 Å². The summed E-state index contributed by atoms with van der Waals surface area (Å²) in [6, 6.07) is 0.0382. The average molecular weight is 201 g/mol. The molecule has 1 saturated carbocycles.